The summed E-state index contributed by atoms with van der Waals surface area (Å²) in [6, 6.07) is 3.05. The predicted octanol–water partition coefficient (Wildman–Crippen LogP) is 5.34. The van der Waals surface area contributed by atoms with Crippen LogP contribution in [0.4, 0.5) is 27.6 Å². The second-order valence-electron chi connectivity index (χ2n) is 4.24. The van der Waals surface area contributed by atoms with Gasteiger partial charge in [0.05, 0.1) is 27.6 Å². The molecule has 0 radical (unpaired) electrons. The number of nitro benzene ring substituents is 1. The lowest BCUT2D eigenvalue weighted by Crippen LogP contribution is -2.06. The van der Waals surface area contributed by atoms with Crippen LogP contribution in [0.2, 0.25) is 5.02 Å². The van der Waals surface area contributed by atoms with E-state index in [0.717, 1.165) is 12.1 Å². The maximum absolute atomic E-state index is 13.7. The second-order valence-corrected chi connectivity index (χ2v) is 4.64. The van der Waals surface area contributed by atoms with Gasteiger partial charge in [0.2, 0.25) is 0 Å². The molecule has 23 heavy (non-hydrogen) atoms. The number of alkyl halides is 3. The highest BCUT2D eigenvalue weighted by molar-refractivity contribution is 6.31. The van der Waals surface area contributed by atoms with E-state index < -0.39 is 50.5 Å². The highest BCUT2D eigenvalue weighted by Gasteiger charge is 2.33. The number of halogens is 6. The van der Waals surface area contributed by atoms with Crippen molar-refractivity contribution in [3.8, 4) is 11.5 Å². The molecule has 0 heterocycles. The van der Waals surface area contributed by atoms with Gasteiger partial charge in [0.15, 0.2) is 17.4 Å². The molecule has 2 aromatic carbocycles. The molecule has 4 nitrogen and oxygen atoms in total. The molecule has 0 fully saturated rings. The highest BCUT2D eigenvalue weighted by atomic mass is 35.5. The van der Waals surface area contributed by atoms with Crippen LogP contribution in [0, 0.1) is 21.7 Å². The molecule has 0 spiro atoms. The number of non-ortho nitro benzene ring substituents is 1. The first-order valence-corrected chi connectivity index (χ1v) is 6.15. The fourth-order valence-corrected chi connectivity index (χ4v) is 1.88. The molecule has 0 amide bonds. The van der Waals surface area contributed by atoms with Gasteiger partial charge in [0.1, 0.15) is 5.75 Å². The molecule has 122 valence electrons. The van der Waals surface area contributed by atoms with Crippen LogP contribution in [0.5, 0.6) is 11.5 Å². The van der Waals surface area contributed by atoms with Gasteiger partial charge >= 0.3 is 6.18 Å². The van der Waals surface area contributed by atoms with Crippen LogP contribution in [-0.2, 0) is 6.18 Å². The van der Waals surface area contributed by atoms with Crippen LogP contribution in [0.15, 0.2) is 30.3 Å². The predicted molar refractivity (Wildman–Crippen MR) is 69.5 cm³/mol. The third-order valence-corrected chi connectivity index (χ3v) is 2.99. The third-order valence-electron chi connectivity index (χ3n) is 2.66. The van der Waals surface area contributed by atoms with Gasteiger partial charge in [0.25, 0.3) is 5.69 Å². The van der Waals surface area contributed by atoms with Crippen molar-refractivity contribution in [2.75, 3.05) is 0 Å². The smallest absolute Gasteiger partial charge is 0.417 e. The van der Waals surface area contributed by atoms with E-state index in [0.29, 0.717) is 18.2 Å². The SMILES string of the molecule is O=[N+]([O-])c1cc(F)c(Oc2ccc(Cl)c(C(F)(F)F)c2)c(F)c1. The topological polar surface area (TPSA) is 52.4 Å². The fraction of sp³-hybridized carbons (Fsp3) is 0.0769. The summed E-state index contributed by atoms with van der Waals surface area (Å²) in [5.41, 5.74) is -2.11. The van der Waals surface area contributed by atoms with Gasteiger partial charge in [-0.2, -0.15) is 13.2 Å². The number of hydrogen-bond donors (Lipinski definition) is 0. The molecular weight excluding hydrogens is 349 g/mol. The zero-order valence-corrected chi connectivity index (χ0v) is 11.6. The first-order chi connectivity index (χ1) is 10.6. The largest absolute Gasteiger partial charge is 0.451 e. The van der Waals surface area contributed by atoms with Crippen molar-refractivity contribution >= 4 is 17.3 Å². The number of rotatable bonds is 3. The molecule has 2 aromatic rings. The second kappa shape index (κ2) is 5.99. The Morgan fingerprint density at radius 2 is 1.65 bits per heavy atom. The zero-order chi connectivity index (χ0) is 17.4. The van der Waals surface area contributed by atoms with E-state index in [9.17, 15) is 32.1 Å². The van der Waals surface area contributed by atoms with Crippen LogP contribution in [0.1, 0.15) is 5.56 Å². The summed E-state index contributed by atoms with van der Waals surface area (Å²) < 4.78 is 70.2. The molecule has 10 heteroatoms. The van der Waals surface area contributed by atoms with Crippen LogP contribution >= 0.6 is 11.6 Å². The van der Waals surface area contributed by atoms with Crippen molar-refractivity contribution in [2.24, 2.45) is 0 Å². The van der Waals surface area contributed by atoms with E-state index in [1.165, 1.54) is 0 Å². The molecule has 0 aliphatic rings. The minimum Gasteiger partial charge on any atom is -0.451 e. The molecule has 0 aliphatic heterocycles. The van der Waals surface area contributed by atoms with Crippen LogP contribution in [-0.4, -0.2) is 4.92 Å². The lowest BCUT2D eigenvalue weighted by Gasteiger charge is -2.12. The van der Waals surface area contributed by atoms with Crippen molar-refractivity contribution in [1.82, 2.24) is 0 Å². The number of hydrogen-bond acceptors (Lipinski definition) is 3. The minimum atomic E-state index is -4.79. The lowest BCUT2D eigenvalue weighted by atomic mass is 10.2. The first kappa shape index (κ1) is 16.9. The van der Waals surface area contributed by atoms with E-state index in [1.54, 1.807) is 0 Å². The van der Waals surface area contributed by atoms with E-state index in [1.807, 2.05) is 0 Å². The van der Waals surface area contributed by atoms with E-state index in [2.05, 4.69) is 0 Å². The Morgan fingerprint density at radius 3 is 2.13 bits per heavy atom. The summed E-state index contributed by atoms with van der Waals surface area (Å²) in [5.74, 6) is -4.46. The minimum absolute atomic E-state index is 0.388. The Kier molecular flexibility index (Phi) is 4.42. The van der Waals surface area contributed by atoms with Crippen LogP contribution < -0.4 is 4.74 Å². The number of nitro groups is 1. The standard InChI is InChI=1S/C13H5ClF5NO3/c14-9-2-1-7(5-8(9)13(17,18)19)23-12-10(15)3-6(20(21)22)4-11(12)16/h1-5H. The summed E-state index contributed by atoms with van der Waals surface area (Å²) in [5, 5.41) is 9.84. The average molecular weight is 354 g/mol. The Balaban J connectivity index is 2.42. The molecule has 2 rings (SSSR count). The number of benzene rings is 2. The Labute approximate surface area is 130 Å². The summed E-state index contributed by atoms with van der Waals surface area (Å²) >= 11 is 5.40. The number of nitrogens with zero attached hydrogens (tertiary/aromatic N) is 1. The van der Waals surface area contributed by atoms with E-state index in [4.69, 9.17) is 16.3 Å². The molecule has 0 atom stereocenters. The summed E-state index contributed by atoms with van der Waals surface area (Å²) in [7, 11) is 0. The summed E-state index contributed by atoms with van der Waals surface area (Å²) in [4.78, 5) is 9.43. The lowest BCUT2D eigenvalue weighted by molar-refractivity contribution is -0.385. The van der Waals surface area contributed by atoms with Crippen molar-refractivity contribution < 1.29 is 31.6 Å². The van der Waals surface area contributed by atoms with Crippen LogP contribution in [0.25, 0.3) is 0 Å². The van der Waals surface area contributed by atoms with Gasteiger partial charge in [0, 0.05) is 0 Å². The van der Waals surface area contributed by atoms with Gasteiger partial charge in [-0.05, 0) is 18.2 Å². The van der Waals surface area contributed by atoms with Crippen LogP contribution in [0.3, 0.4) is 0 Å². The van der Waals surface area contributed by atoms with Crippen molar-refractivity contribution in [2.45, 2.75) is 6.18 Å². The normalized spacial score (nSPS) is 11.4. The molecule has 0 aliphatic carbocycles. The Hall–Kier alpha value is -2.42. The third kappa shape index (κ3) is 3.67. The quantitative estimate of drug-likeness (QED) is 0.425. The number of ether oxygens (including phenoxy) is 1. The van der Waals surface area contributed by atoms with E-state index >= 15 is 0 Å². The highest BCUT2D eigenvalue weighted by Crippen LogP contribution is 2.38. The maximum Gasteiger partial charge on any atom is 0.417 e. The molecule has 0 aromatic heterocycles. The van der Waals surface area contributed by atoms with Crippen molar-refractivity contribution in [3.05, 3.63) is 62.7 Å². The Morgan fingerprint density at radius 1 is 1.09 bits per heavy atom. The molecule has 0 N–H and O–H groups in total. The first-order valence-electron chi connectivity index (χ1n) is 5.77. The van der Waals surface area contributed by atoms with Gasteiger partial charge in [-0.3, -0.25) is 10.1 Å². The average Bonchev–Trinajstić information content (AvgIpc) is 2.42. The van der Waals surface area contributed by atoms with Crippen molar-refractivity contribution in [1.29, 1.82) is 0 Å². The summed E-state index contributed by atoms with van der Waals surface area (Å²) in [6.45, 7) is 0. The summed E-state index contributed by atoms with van der Waals surface area (Å²) in [6.07, 6.45) is -4.79. The van der Waals surface area contributed by atoms with Gasteiger partial charge < -0.3 is 4.74 Å². The molecule has 0 saturated carbocycles. The van der Waals surface area contributed by atoms with Gasteiger partial charge in [-0.1, -0.05) is 11.6 Å². The maximum atomic E-state index is 13.7. The fourth-order valence-electron chi connectivity index (χ4n) is 1.65. The Bertz CT molecular complexity index is 756. The molecule has 0 saturated heterocycles. The molecule has 0 bridgehead atoms. The van der Waals surface area contributed by atoms with Crippen molar-refractivity contribution in [3.63, 3.8) is 0 Å². The van der Waals surface area contributed by atoms with E-state index in [-0.39, 0.29) is 0 Å². The zero-order valence-electron chi connectivity index (χ0n) is 10.8. The molecule has 0 unspecified atom stereocenters. The monoisotopic (exact) mass is 353 g/mol. The van der Waals surface area contributed by atoms with Gasteiger partial charge in [-0.15, -0.1) is 0 Å². The van der Waals surface area contributed by atoms with Gasteiger partial charge in [-0.25, -0.2) is 8.78 Å². The molecular formula is C13H5ClF5NO3.